The molecule has 1 saturated heterocycles. The minimum atomic E-state index is -2.76. The number of halogens is 3. The zero-order valence-corrected chi connectivity index (χ0v) is 20.5. The van der Waals surface area contributed by atoms with Crippen LogP contribution >= 0.6 is 18.7 Å². The second-order valence-electron chi connectivity index (χ2n) is 8.42. The molecule has 35 heavy (non-hydrogen) atoms. The summed E-state index contributed by atoms with van der Waals surface area (Å²) in [6.45, 7) is 3.21. The summed E-state index contributed by atoms with van der Waals surface area (Å²) in [5.41, 5.74) is 0.0690. The van der Waals surface area contributed by atoms with Crippen LogP contribution in [0, 0.1) is 11.6 Å². The topological polar surface area (TPSA) is 91.4 Å². The lowest BCUT2D eigenvalue weighted by Gasteiger charge is -2.20. The van der Waals surface area contributed by atoms with Crippen LogP contribution in [0.15, 0.2) is 54.7 Å². The molecule has 0 radical (unpaired) electrons. The Labute approximate surface area is 205 Å². The number of pyridine rings is 1. The number of amides is 3. The van der Waals surface area contributed by atoms with Crippen molar-refractivity contribution in [3.05, 3.63) is 71.4 Å². The van der Waals surface area contributed by atoms with Gasteiger partial charge in [0.1, 0.15) is 19.0 Å². The minimum Gasteiger partial charge on any atom is -0.326 e. The zero-order valence-electron chi connectivity index (χ0n) is 18.9. The second kappa shape index (κ2) is 9.76. The third-order valence-electron chi connectivity index (χ3n) is 5.61. The number of rotatable bonds is 5. The lowest BCUT2D eigenvalue weighted by Crippen LogP contribution is -2.43. The van der Waals surface area contributed by atoms with Crippen molar-refractivity contribution in [2.75, 3.05) is 30.1 Å². The van der Waals surface area contributed by atoms with E-state index in [-0.39, 0.29) is 30.0 Å². The molecule has 1 aromatic heterocycles. The van der Waals surface area contributed by atoms with Gasteiger partial charge in [0.25, 0.3) is 0 Å². The van der Waals surface area contributed by atoms with Crippen LogP contribution in [-0.4, -0.2) is 42.8 Å². The molecular formula is C24H22ClF2N4O3P. The summed E-state index contributed by atoms with van der Waals surface area (Å²) >= 11 is 5.76. The number of nitrogens with zero attached hydrogens (tertiary/aromatic N) is 2. The predicted octanol–water partition coefficient (Wildman–Crippen LogP) is 4.86. The number of urea groups is 1. The van der Waals surface area contributed by atoms with Gasteiger partial charge >= 0.3 is 6.03 Å². The highest BCUT2D eigenvalue weighted by molar-refractivity contribution is 7.70. The third kappa shape index (κ3) is 5.21. The average molecular weight is 519 g/mol. The van der Waals surface area contributed by atoms with Crippen molar-refractivity contribution in [3.63, 3.8) is 0 Å². The molecule has 1 atom stereocenters. The Morgan fingerprint density at radius 2 is 1.83 bits per heavy atom. The smallest absolute Gasteiger partial charge is 0.321 e. The van der Waals surface area contributed by atoms with Crippen LogP contribution in [0.1, 0.15) is 6.42 Å². The van der Waals surface area contributed by atoms with E-state index >= 15 is 8.78 Å². The van der Waals surface area contributed by atoms with Gasteiger partial charge in [-0.3, -0.25) is 10.1 Å². The molecule has 1 aliphatic rings. The Morgan fingerprint density at radius 3 is 2.51 bits per heavy atom. The maximum Gasteiger partial charge on any atom is 0.321 e. The summed E-state index contributed by atoms with van der Waals surface area (Å²) in [6.07, 6.45) is 1.57. The molecule has 0 bridgehead atoms. The van der Waals surface area contributed by atoms with Gasteiger partial charge in [-0.25, -0.2) is 18.6 Å². The largest absolute Gasteiger partial charge is 0.326 e. The Hall–Kier alpha value is -3.29. The molecule has 1 aliphatic heterocycles. The van der Waals surface area contributed by atoms with Crippen LogP contribution in [0.2, 0.25) is 5.02 Å². The van der Waals surface area contributed by atoms with E-state index in [0.29, 0.717) is 15.9 Å². The minimum absolute atomic E-state index is 0.0399. The molecule has 2 heterocycles. The maximum absolute atomic E-state index is 15.2. The molecule has 0 saturated carbocycles. The second-order valence-corrected chi connectivity index (χ2v) is 12.0. The van der Waals surface area contributed by atoms with Crippen molar-refractivity contribution >= 4 is 47.5 Å². The summed E-state index contributed by atoms with van der Waals surface area (Å²) in [4.78, 5) is 30.2. The van der Waals surface area contributed by atoms with E-state index in [4.69, 9.17) is 11.6 Å². The number of benzene rings is 2. The van der Waals surface area contributed by atoms with Gasteiger partial charge in [-0.1, -0.05) is 35.9 Å². The van der Waals surface area contributed by atoms with E-state index in [1.54, 1.807) is 43.7 Å². The van der Waals surface area contributed by atoms with Crippen LogP contribution in [0.3, 0.4) is 0 Å². The van der Waals surface area contributed by atoms with E-state index in [1.165, 1.54) is 24.4 Å². The van der Waals surface area contributed by atoms with E-state index in [9.17, 15) is 14.2 Å². The van der Waals surface area contributed by atoms with Crippen molar-refractivity contribution in [3.8, 4) is 11.1 Å². The van der Waals surface area contributed by atoms with Gasteiger partial charge in [0.2, 0.25) is 5.91 Å². The quantitative estimate of drug-likeness (QED) is 0.472. The van der Waals surface area contributed by atoms with E-state index < -0.39 is 36.8 Å². The molecular weight excluding hydrogens is 497 g/mol. The zero-order chi connectivity index (χ0) is 25.3. The van der Waals surface area contributed by atoms with Crippen LogP contribution in [0.5, 0.6) is 0 Å². The van der Waals surface area contributed by atoms with Crippen molar-refractivity contribution < 1.29 is 22.9 Å². The van der Waals surface area contributed by atoms with Crippen molar-refractivity contribution in [1.29, 1.82) is 0 Å². The lowest BCUT2D eigenvalue weighted by atomic mass is 10.0. The van der Waals surface area contributed by atoms with Crippen LogP contribution < -0.4 is 20.8 Å². The number of carbonyl (C=O) groups excluding carboxylic acids is 2. The van der Waals surface area contributed by atoms with Crippen LogP contribution in [-0.2, 0) is 9.36 Å². The molecule has 1 fully saturated rings. The molecule has 4 rings (SSSR count). The fourth-order valence-corrected chi connectivity index (χ4v) is 5.27. The van der Waals surface area contributed by atoms with Crippen LogP contribution in [0.25, 0.3) is 11.1 Å². The maximum atomic E-state index is 15.2. The van der Waals surface area contributed by atoms with Gasteiger partial charge in [0.15, 0.2) is 11.6 Å². The number of anilines is 2. The van der Waals surface area contributed by atoms with Gasteiger partial charge in [0, 0.05) is 23.6 Å². The number of hydrogen-bond acceptors (Lipinski definition) is 4. The first kappa shape index (κ1) is 24.8. The summed E-state index contributed by atoms with van der Waals surface area (Å²) in [5, 5.41) is 5.85. The van der Waals surface area contributed by atoms with Gasteiger partial charge in [-0.2, -0.15) is 0 Å². The van der Waals surface area contributed by atoms with E-state index in [2.05, 4.69) is 15.6 Å². The molecule has 0 aliphatic carbocycles. The number of nitrogens with one attached hydrogen (secondary N) is 2. The monoisotopic (exact) mass is 518 g/mol. The normalized spacial score (nSPS) is 15.9. The van der Waals surface area contributed by atoms with E-state index in [1.807, 2.05) is 0 Å². The lowest BCUT2D eigenvalue weighted by molar-refractivity contribution is -0.118. The van der Waals surface area contributed by atoms with Gasteiger partial charge in [-0.15, -0.1) is 0 Å². The first-order valence-electron chi connectivity index (χ1n) is 10.7. The molecule has 3 amide bonds. The Balaban J connectivity index is 1.53. The predicted molar refractivity (Wildman–Crippen MR) is 133 cm³/mol. The highest BCUT2D eigenvalue weighted by Gasteiger charge is 2.36. The Morgan fingerprint density at radius 1 is 1.09 bits per heavy atom. The molecule has 0 spiro atoms. The fourth-order valence-electron chi connectivity index (χ4n) is 3.94. The molecule has 7 nitrogen and oxygen atoms in total. The molecule has 11 heteroatoms. The highest BCUT2D eigenvalue weighted by atomic mass is 35.5. The summed E-state index contributed by atoms with van der Waals surface area (Å²) in [6, 6.07) is 10.7. The summed E-state index contributed by atoms with van der Waals surface area (Å²) < 4.78 is 43.0. The Bertz CT molecular complexity index is 1350. The number of aromatic nitrogens is 1. The standard InChI is InChI=1S/C24H22ClF2N4O3P/c1-35(2,34)19-6-4-3-5-15(19)16-8-9-18(22(27)21(16)26)31-12-11-17(23(31)32)29-24(33)30-20-10-7-14(25)13-28-20/h3-10,13,17H,11-12H2,1-2H3,(H2,28,29,30,33)/t17-/m1/s1. The van der Waals surface area contributed by atoms with Crippen molar-refractivity contribution in [2.45, 2.75) is 12.5 Å². The first-order valence-corrected chi connectivity index (χ1v) is 13.7. The summed E-state index contributed by atoms with van der Waals surface area (Å²) in [5.74, 6) is -2.66. The average Bonchev–Trinajstić information content (AvgIpc) is 3.16. The highest BCUT2D eigenvalue weighted by Crippen LogP contribution is 2.40. The molecule has 0 unspecified atom stereocenters. The third-order valence-corrected chi connectivity index (χ3v) is 7.38. The van der Waals surface area contributed by atoms with Gasteiger partial charge in [-0.05, 0) is 49.6 Å². The summed E-state index contributed by atoms with van der Waals surface area (Å²) in [7, 11) is -2.76. The van der Waals surface area contributed by atoms with Gasteiger partial charge < -0.3 is 14.8 Å². The number of hydrogen-bond donors (Lipinski definition) is 2. The molecule has 2 N–H and O–H groups in total. The first-order chi connectivity index (χ1) is 16.6. The Kier molecular flexibility index (Phi) is 6.92. The van der Waals surface area contributed by atoms with E-state index in [0.717, 1.165) is 4.90 Å². The molecule has 3 aromatic rings. The van der Waals surface area contributed by atoms with Crippen LogP contribution in [0.4, 0.5) is 25.1 Å². The molecule has 182 valence electrons. The van der Waals surface area contributed by atoms with Gasteiger partial charge in [0.05, 0.1) is 10.7 Å². The molecule has 2 aromatic carbocycles. The SMILES string of the molecule is CP(C)(=O)c1ccccc1-c1ccc(N2CC[C@@H](NC(=O)Nc3ccc(Cl)cn3)C2=O)c(F)c1F. The van der Waals surface area contributed by atoms with Crippen molar-refractivity contribution in [1.82, 2.24) is 10.3 Å². The number of carbonyl (C=O) groups is 2. The fraction of sp³-hybridized carbons (Fsp3) is 0.208. The van der Waals surface area contributed by atoms with Crippen molar-refractivity contribution in [2.24, 2.45) is 0 Å².